The Morgan fingerprint density at radius 3 is 2.68 bits per heavy atom. The highest BCUT2D eigenvalue weighted by Crippen LogP contribution is 2.19. The summed E-state index contributed by atoms with van der Waals surface area (Å²) in [6.45, 7) is 1.66. The van der Waals surface area contributed by atoms with E-state index in [0.29, 0.717) is 10.0 Å². The number of carbonyl (C=O) groups is 2. The SMILES string of the molecule is CC(CN(C)C(=O)Cc1cc(F)ccc1Br)C(=O)O. The minimum Gasteiger partial charge on any atom is -0.481 e. The minimum atomic E-state index is -0.952. The highest BCUT2D eigenvalue weighted by atomic mass is 79.9. The Labute approximate surface area is 119 Å². The zero-order chi connectivity index (χ0) is 14.6. The van der Waals surface area contributed by atoms with Gasteiger partial charge in [0.05, 0.1) is 12.3 Å². The lowest BCUT2D eigenvalue weighted by Gasteiger charge is -2.19. The summed E-state index contributed by atoms with van der Waals surface area (Å²) in [5.41, 5.74) is 0.542. The van der Waals surface area contributed by atoms with Gasteiger partial charge in [-0.3, -0.25) is 9.59 Å². The molecule has 1 aromatic rings. The van der Waals surface area contributed by atoms with E-state index in [2.05, 4.69) is 15.9 Å². The Morgan fingerprint density at radius 2 is 2.11 bits per heavy atom. The molecule has 1 N–H and O–H groups in total. The summed E-state index contributed by atoms with van der Waals surface area (Å²) in [6, 6.07) is 4.13. The van der Waals surface area contributed by atoms with Gasteiger partial charge in [-0.05, 0) is 23.8 Å². The van der Waals surface area contributed by atoms with Crippen LogP contribution in [0.15, 0.2) is 22.7 Å². The molecule has 0 aliphatic carbocycles. The zero-order valence-corrected chi connectivity index (χ0v) is 12.3. The molecule has 0 aliphatic rings. The molecule has 0 heterocycles. The van der Waals surface area contributed by atoms with Crippen LogP contribution in [0.2, 0.25) is 0 Å². The van der Waals surface area contributed by atoms with Crippen molar-refractivity contribution in [3.8, 4) is 0 Å². The molecule has 0 aliphatic heterocycles. The zero-order valence-electron chi connectivity index (χ0n) is 10.7. The Bertz CT molecular complexity index is 493. The average Bonchev–Trinajstić information content (AvgIpc) is 2.33. The van der Waals surface area contributed by atoms with Gasteiger partial charge in [0.1, 0.15) is 5.82 Å². The van der Waals surface area contributed by atoms with Crippen molar-refractivity contribution < 1.29 is 19.1 Å². The smallest absolute Gasteiger partial charge is 0.308 e. The summed E-state index contributed by atoms with van der Waals surface area (Å²) >= 11 is 3.25. The first-order chi connectivity index (χ1) is 8.81. The van der Waals surface area contributed by atoms with Crippen LogP contribution in [0.1, 0.15) is 12.5 Å². The maximum Gasteiger partial charge on any atom is 0.308 e. The van der Waals surface area contributed by atoms with Crippen LogP contribution in [0.25, 0.3) is 0 Å². The van der Waals surface area contributed by atoms with Crippen molar-refractivity contribution in [3.05, 3.63) is 34.1 Å². The first-order valence-electron chi connectivity index (χ1n) is 5.72. The summed E-state index contributed by atoms with van der Waals surface area (Å²) in [5, 5.41) is 8.79. The van der Waals surface area contributed by atoms with E-state index < -0.39 is 17.7 Å². The van der Waals surface area contributed by atoms with E-state index in [9.17, 15) is 14.0 Å². The molecule has 0 saturated carbocycles. The van der Waals surface area contributed by atoms with E-state index >= 15 is 0 Å². The largest absolute Gasteiger partial charge is 0.481 e. The van der Waals surface area contributed by atoms with Crippen molar-refractivity contribution in [1.82, 2.24) is 4.90 Å². The van der Waals surface area contributed by atoms with Gasteiger partial charge in [0.2, 0.25) is 5.91 Å². The summed E-state index contributed by atoms with van der Waals surface area (Å²) in [4.78, 5) is 24.0. The van der Waals surface area contributed by atoms with E-state index in [1.54, 1.807) is 0 Å². The fraction of sp³-hybridized carbons (Fsp3) is 0.385. The van der Waals surface area contributed by atoms with Crippen LogP contribution in [0.4, 0.5) is 4.39 Å². The molecule has 0 bridgehead atoms. The standard InChI is InChI=1S/C13H15BrFNO3/c1-8(13(18)19)7-16(2)12(17)6-9-5-10(15)3-4-11(9)14/h3-5,8H,6-7H2,1-2H3,(H,18,19). The highest BCUT2D eigenvalue weighted by Gasteiger charge is 2.18. The molecule has 1 aromatic carbocycles. The lowest BCUT2D eigenvalue weighted by atomic mass is 10.1. The predicted molar refractivity (Wildman–Crippen MR) is 72.2 cm³/mol. The monoisotopic (exact) mass is 331 g/mol. The molecule has 0 aromatic heterocycles. The molecular formula is C13H15BrFNO3. The Hall–Kier alpha value is -1.43. The van der Waals surface area contributed by atoms with Crippen LogP contribution in [-0.2, 0) is 16.0 Å². The molecule has 19 heavy (non-hydrogen) atoms. The third-order valence-corrected chi connectivity index (χ3v) is 3.52. The number of benzene rings is 1. The van der Waals surface area contributed by atoms with E-state index in [4.69, 9.17) is 5.11 Å². The van der Waals surface area contributed by atoms with E-state index in [-0.39, 0.29) is 18.9 Å². The number of hydrogen-bond acceptors (Lipinski definition) is 2. The van der Waals surface area contributed by atoms with Crippen molar-refractivity contribution in [2.24, 2.45) is 5.92 Å². The number of likely N-dealkylation sites (N-methyl/N-ethyl adjacent to an activating group) is 1. The minimum absolute atomic E-state index is 0.0290. The molecule has 1 amide bonds. The number of carboxylic acids is 1. The van der Waals surface area contributed by atoms with Crippen LogP contribution in [0.3, 0.4) is 0 Å². The van der Waals surface area contributed by atoms with Crippen LogP contribution in [0, 0.1) is 11.7 Å². The number of carboxylic acid groups (broad SMARTS) is 1. The first kappa shape index (κ1) is 15.6. The Balaban J connectivity index is 2.68. The fourth-order valence-corrected chi connectivity index (χ4v) is 1.95. The second-order valence-corrected chi connectivity index (χ2v) is 5.28. The summed E-state index contributed by atoms with van der Waals surface area (Å²) in [5.74, 6) is -2.25. The third kappa shape index (κ3) is 4.63. The van der Waals surface area contributed by atoms with Crippen LogP contribution in [0.5, 0.6) is 0 Å². The molecule has 104 valence electrons. The number of amides is 1. The second kappa shape index (κ2) is 6.65. The van der Waals surface area contributed by atoms with Crippen LogP contribution < -0.4 is 0 Å². The van der Waals surface area contributed by atoms with Crippen molar-refractivity contribution in [2.75, 3.05) is 13.6 Å². The van der Waals surface area contributed by atoms with Crippen molar-refractivity contribution in [1.29, 1.82) is 0 Å². The molecule has 6 heteroatoms. The van der Waals surface area contributed by atoms with Gasteiger partial charge in [-0.2, -0.15) is 0 Å². The van der Waals surface area contributed by atoms with Crippen LogP contribution in [-0.4, -0.2) is 35.5 Å². The van der Waals surface area contributed by atoms with Crippen molar-refractivity contribution in [3.63, 3.8) is 0 Å². The van der Waals surface area contributed by atoms with E-state index in [1.165, 1.54) is 37.1 Å². The lowest BCUT2D eigenvalue weighted by molar-refractivity contribution is -0.142. The van der Waals surface area contributed by atoms with E-state index in [0.717, 1.165) is 0 Å². The van der Waals surface area contributed by atoms with Crippen LogP contribution >= 0.6 is 15.9 Å². The molecule has 1 atom stereocenters. The quantitative estimate of drug-likeness (QED) is 0.900. The summed E-state index contributed by atoms with van der Waals surface area (Å²) in [7, 11) is 1.54. The average molecular weight is 332 g/mol. The molecule has 0 fully saturated rings. The number of hydrogen-bond donors (Lipinski definition) is 1. The normalized spacial score (nSPS) is 12.0. The maximum atomic E-state index is 13.1. The lowest BCUT2D eigenvalue weighted by Crippen LogP contribution is -2.34. The van der Waals surface area contributed by atoms with Gasteiger partial charge in [-0.15, -0.1) is 0 Å². The fourth-order valence-electron chi connectivity index (χ4n) is 1.57. The van der Waals surface area contributed by atoms with Gasteiger partial charge < -0.3 is 10.0 Å². The molecular weight excluding hydrogens is 317 g/mol. The number of nitrogens with zero attached hydrogens (tertiary/aromatic N) is 1. The van der Waals surface area contributed by atoms with Gasteiger partial charge >= 0.3 is 5.97 Å². The molecule has 1 unspecified atom stereocenters. The van der Waals surface area contributed by atoms with E-state index in [1.807, 2.05) is 0 Å². The summed E-state index contributed by atoms with van der Waals surface area (Å²) < 4.78 is 13.7. The Kier molecular flexibility index (Phi) is 5.47. The maximum absolute atomic E-state index is 13.1. The second-order valence-electron chi connectivity index (χ2n) is 4.43. The molecule has 1 rings (SSSR count). The topological polar surface area (TPSA) is 57.6 Å². The first-order valence-corrected chi connectivity index (χ1v) is 6.51. The molecule has 0 radical (unpaired) electrons. The highest BCUT2D eigenvalue weighted by molar-refractivity contribution is 9.10. The Morgan fingerprint density at radius 1 is 1.47 bits per heavy atom. The number of rotatable bonds is 5. The molecule has 0 saturated heterocycles. The van der Waals surface area contributed by atoms with Gasteiger partial charge in [0.25, 0.3) is 0 Å². The van der Waals surface area contributed by atoms with Gasteiger partial charge in [-0.1, -0.05) is 22.9 Å². The van der Waals surface area contributed by atoms with Gasteiger partial charge in [-0.25, -0.2) is 4.39 Å². The summed E-state index contributed by atoms with van der Waals surface area (Å²) in [6.07, 6.45) is 0.0290. The van der Waals surface area contributed by atoms with Crippen molar-refractivity contribution in [2.45, 2.75) is 13.3 Å². The van der Waals surface area contributed by atoms with Gasteiger partial charge in [0, 0.05) is 18.1 Å². The number of carbonyl (C=O) groups excluding carboxylic acids is 1. The third-order valence-electron chi connectivity index (χ3n) is 2.74. The number of halogens is 2. The predicted octanol–water partition coefficient (Wildman–Crippen LogP) is 2.31. The molecule has 4 nitrogen and oxygen atoms in total. The van der Waals surface area contributed by atoms with Crippen molar-refractivity contribution >= 4 is 27.8 Å². The van der Waals surface area contributed by atoms with Gasteiger partial charge in [0.15, 0.2) is 0 Å². The number of aliphatic carboxylic acids is 1. The molecule has 0 spiro atoms.